The highest BCUT2D eigenvalue weighted by atomic mass is 15.2. The van der Waals surface area contributed by atoms with Gasteiger partial charge in [0.15, 0.2) is 0 Å². The Hall–Kier alpha value is -2.62. The van der Waals surface area contributed by atoms with E-state index in [-0.39, 0.29) is 0 Å². The van der Waals surface area contributed by atoms with Crippen molar-refractivity contribution in [2.45, 2.75) is 6.54 Å². The van der Waals surface area contributed by atoms with Crippen molar-refractivity contribution >= 4 is 22.8 Å². The van der Waals surface area contributed by atoms with Gasteiger partial charge in [0.05, 0.1) is 11.7 Å². The molecule has 3 aromatic rings. The van der Waals surface area contributed by atoms with E-state index in [4.69, 9.17) is 0 Å². The summed E-state index contributed by atoms with van der Waals surface area (Å²) in [6, 6.07) is 10.1. The van der Waals surface area contributed by atoms with E-state index in [1.165, 1.54) is 0 Å². The molecule has 0 unspecified atom stereocenters. The van der Waals surface area contributed by atoms with Crippen molar-refractivity contribution in [1.29, 1.82) is 0 Å². The van der Waals surface area contributed by atoms with Crippen LogP contribution in [0, 0.1) is 0 Å². The number of nitrogens with zero attached hydrogens (tertiary/aromatic N) is 3. The maximum absolute atomic E-state index is 4.34. The molecule has 0 spiro atoms. The predicted molar refractivity (Wildman–Crippen MR) is 77.7 cm³/mol. The lowest BCUT2D eigenvalue weighted by Crippen LogP contribution is -1.99. The second-order valence-electron chi connectivity index (χ2n) is 4.24. The van der Waals surface area contributed by atoms with Crippen LogP contribution >= 0.6 is 0 Å². The fourth-order valence-electron chi connectivity index (χ4n) is 2.02. The molecule has 0 saturated carbocycles. The Balaban J connectivity index is 1.83. The highest BCUT2D eigenvalue weighted by Crippen LogP contribution is 2.21. The van der Waals surface area contributed by atoms with Crippen LogP contribution in [0.3, 0.4) is 0 Å². The van der Waals surface area contributed by atoms with Gasteiger partial charge in [0, 0.05) is 41.8 Å². The summed E-state index contributed by atoms with van der Waals surface area (Å²) in [4.78, 5) is 4.34. The molecule has 0 aliphatic rings. The molecule has 0 amide bonds. The minimum Gasteiger partial charge on any atom is -0.380 e. The van der Waals surface area contributed by atoms with Crippen LogP contribution in [0.1, 0.15) is 5.56 Å². The highest BCUT2D eigenvalue weighted by molar-refractivity contribution is 5.91. The topological polar surface area (TPSA) is 42.7 Å². The maximum Gasteiger partial charge on any atom is 0.0722 e. The normalized spacial score (nSPS) is 10.5. The van der Waals surface area contributed by atoms with Crippen LogP contribution in [0.4, 0.5) is 5.69 Å². The number of aromatic nitrogens is 3. The molecule has 0 aliphatic heterocycles. The summed E-state index contributed by atoms with van der Waals surface area (Å²) in [5.41, 5.74) is 3.19. The minimum atomic E-state index is 0.724. The van der Waals surface area contributed by atoms with Crippen molar-refractivity contribution in [3.8, 4) is 0 Å². The molecule has 4 heteroatoms. The first-order chi connectivity index (χ1) is 9.36. The van der Waals surface area contributed by atoms with Crippen molar-refractivity contribution in [2.24, 2.45) is 0 Å². The fraction of sp³-hybridized carbons (Fsp3) is 0.0667. The van der Waals surface area contributed by atoms with Gasteiger partial charge in [0.1, 0.15) is 0 Å². The van der Waals surface area contributed by atoms with Crippen molar-refractivity contribution in [2.75, 3.05) is 5.32 Å². The SMILES string of the molecule is C=Cn1cc(CNc2cccc3ncccc23)cn1. The third-order valence-corrected chi connectivity index (χ3v) is 2.97. The van der Waals surface area contributed by atoms with Gasteiger partial charge in [-0.05, 0) is 24.3 Å². The predicted octanol–water partition coefficient (Wildman–Crippen LogP) is 3.14. The minimum absolute atomic E-state index is 0.724. The average molecular weight is 250 g/mol. The smallest absolute Gasteiger partial charge is 0.0722 e. The lowest BCUT2D eigenvalue weighted by atomic mass is 10.2. The number of anilines is 1. The molecule has 3 rings (SSSR count). The molecule has 0 aliphatic carbocycles. The van der Waals surface area contributed by atoms with Crippen LogP contribution in [0.25, 0.3) is 17.1 Å². The molecule has 2 aromatic heterocycles. The first-order valence-corrected chi connectivity index (χ1v) is 6.10. The molecule has 0 saturated heterocycles. The van der Waals surface area contributed by atoms with Gasteiger partial charge in [-0.15, -0.1) is 0 Å². The molecule has 19 heavy (non-hydrogen) atoms. The number of rotatable bonds is 4. The number of fused-ring (bicyclic) bond motifs is 1. The van der Waals surface area contributed by atoms with Crippen molar-refractivity contribution in [3.05, 3.63) is 61.1 Å². The Morgan fingerprint density at radius 2 is 2.21 bits per heavy atom. The molecule has 1 N–H and O–H groups in total. The van der Waals surface area contributed by atoms with Crippen LogP contribution in [-0.2, 0) is 6.54 Å². The summed E-state index contributed by atoms with van der Waals surface area (Å²) in [6.45, 7) is 4.40. The maximum atomic E-state index is 4.34. The number of nitrogens with one attached hydrogen (secondary N) is 1. The Kier molecular flexibility index (Phi) is 2.98. The second kappa shape index (κ2) is 4.94. The Bertz CT molecular complexity index is 709. The van der Waals surface area contributed by atoms with E-state index in [0.717, 1.165) is 28.7 Å². The van der Waals surface area contributed by atoms with E-state index in [1.54, 1.807) is 17.1 Å². The van der Waals surface area contributed by atoms with E-state index in [2.05, 4.69) is 34.1 Å². The zero-order chi connectivity index (χ0) is 13.1. The van der Waals surface area contributed by atoms with E-state index in [0.29, 0.717) is 0 Å². The summed E-state index contributed by atoms with van der Waals surface area (Å²) in [7, 11) is 0. The standard InChI is InChI=1S/C15H14N4/c1-2-19-11-12(10-18-19)9-17-15-7-3-6-14-13(15)5-4-8-16-14/h2-8,10-11,17H,1,9H2. The van der Waals surface area contributed by atoms with E-state index >= 15 is 0 Å². The van der Waals surface area contributed by atoms with Crippen LogP contribution in [0.5, 0.6) is 0 Å². The first kappa shape index (κ1) is 11.5. The summed E-state index contributed by atoms with van der Waals surface area (Å²) in [5.74, 6) is 0. The van der Waals surface area contributed by atoms with Crippen LogP contribution < -0.4 is 5.32 Å². The fourth-order valence-corrected chi connectivity index (χ4v) is 2.02. The van der Waals surface area contributed by atoms with Crippen LogP contribution in [0.2, 0.25) is 0 Å². The van der Waals surface area contributed by atoms with Crippen molar-refractivity contribution in [3.63, 3.8) is 0 Å². The van der Waals surface area contributed by atoms with Gasteiger partial charge >= 0.3 is 0 Å². The molecule has 94 valence electrons. The summed E-state index contributed by atoms with van der Waals surface area (Å²) < 4.78 is 1.70. The first-order valence-electron chi connectivity index (χ1n) is 6.10. The number of hydrogen-bond acceptors (Lipinski definition) is 3. The summed E-state index contributed by atoms with van der Waals surface area (Å²) in [5, 5.41) is 8.70. The van der Waals surface area contributed by atoms with Gasteiger partial charge in [-0.3, -0.25) is 4.98 Å². The Morgan fingerprint density at radius 3 is 3.05 bits per heavy atom. The van der Waals surface area contributed by atoms with Gasteiger partial charge in [-0.25, -0.2) is 4.68 Å². The lowest BCUT2D eigenvalue weighted by molar-refractivity contribution is 0.936. The van der Waals surface area contributed by atoms with Gasteiger partial charge in [-0.2, -0.15) is 5.10 Å². The molecule has 0 bridgehead atoms. The van der Waals surface area contributed by atoms with E-state index in [1.807, 2.05) is 30.6 Å². The molecule has 0 fully saturated rings. The Labute approximate surface area is 111 Å². The number of benzene rings is 1. The van der Waals surface area contributed by atoms with Gasteiger partial charge < -0.3 is 5.32 Å². The van der Waals surface area contributed by atoms with Crippen molar-refractivity contribution < 1.29 is 0 Å². The third kappa shape index (κ3) is 2.33. The monoisotopic (exact) mass is 250 g/mol. The molecular formula is C15H14N4. The molecule has 1 aromatic carbocycles. The zero-order valence-corrected chi connectivity index (χ0v) is 10.5. The molecule has 2 heterocycles. The quantitative estimate of drug-likeness (QED) is 0.773. The highest BCUT2D eigenvalue weighted by Gasteiger charge is 2.01. The number of hydrogen-bond donors (Lipinski definition) is 1. The van der Waals surface area contributed by atoms with Crippen molar-refractivity contribution in [1.82, 2.24) is 14.8 Å². The summed E-state index contributed by atoms with van der Waals surface area (Å²) in [6.07, 6.45) is 7.26. The Morgan fingerprint density at radius 1 is 1.26 bits per heavy atom. The molecular weight excluding hydrogens is 236 g/mol. The summed E-state index contributed by atoms with van der Waals surface area (Å²) >= 11 is 0. The molecule has 4 nitrogen and oxygen atoms in total. The van der Waals surface area contributed by atoms with Gasteiger partial charge in [-0.1, -0.05) is 12.6 Å². The van der Waals surface area contributed by atoms with E-state index in [9.17, 15) is 0 Å². The van der Waals surface area contributed by atoms with Crippen LogP contribution in [0.15, 0.2) is 55.5 Å². The third-order valence-electron chi connectivity index (χ3n) is 2.97. The van der Waals surface area contributed by atoms with Gasteiger partial charge in [0.2, 0.25) is 0 Å². The average Bonchev–Trinajstić information content (AvgIpc) is 2.93. The van der Waals surface area contributed by atoms with Crippen LogP contribution in [-0.4, -0.2) is 14.8 Å². The van der Waals surface area contributed by atoms with Gasteiger partial charge in [0.25, 0.3) is 0 Å². The number of pyridine rings is 1. The lowest BCUT2D eigenvalue weighted by Gasteiger charge is -2.08. The molecule has 0 atom stereocenters. The largest absolute Gasteiger partial charge is 0.380 e. The molecule has 0 radical (unpaired) electrons. The van der Waals surface area contributed by atoms with E-state index < -0.39 is 0 Å². The second-order valence-corrected chi connectivity index (χ2v) is 4.24. The zero-order valence-electron chi connectivity index (χ0n) is 10.5.